The van der Waals surface area contributed by atoms with Crippen LogP contribution in [0.1, 0.15) is 59.3 Å². The lowest BCUT2D eigenvalue weighted by Crippen LogP contribution is -2.37. The zero-order valence-electron chi connectivity index (χ0n) is 21.2. The minimum Gasteiger partial charge on any atom is -0.444 e. The highest BCUT2D eigenvalue weighted by Crippen LogP contribution is 2.19. The number of nitrogens with one attached hydrogen (secondary N) is 2. The van der Waals surface area contributed by atoms with Gasteiger partial charge in [-0.1, -0.05) is 12.1 Å². The maximum atomic E-state index is 13.5. The molecule has 0 radical (unpaired) electrons. The van der Waals surface area contributed by atoms with Gasteiger partial charge in [0, 0.05) is 32.2 Å². The minimum absolute atomic E-state index is 0.00134. The average Bonchev–Trinajstić information content (AvgIpc) is 3.51. The molecule has 1 atom stereocenters. The number of nitrogens with zero attached hydrogens (tertiary/aromatic N) is 5. The highest BCUT2D eigenvalue weighted by Gasteiger charge is 2.30. The lowest BCUT2D eigenvalue weighted by Gasteiger charge is -2.24. The fourth-order valence-electron chi connectivity index (χ4n) is 4.00. The van der Waals surface area contributed by atoms with E-state index in [1.165, 1.54) is 23.0 Å². The first-order chi connectivity index (χ1) is 17.5. The molecule has 0 bridgehead atoms. The zero-order valence-corrected chi connectivity index (χ0v) is 21.2. The molecule has 1 aromatic carbocycles. The van der Waals surface area contributed by atoms with Crippen LogP contribution in [-0.2, 0) is 11.3 Å². The van der Waals surface area contributed by atoms with Crippen molar-refractivity contribution >= 4 is 23.7 Å². The molecule has 0 saturated carbocycles. The van der Waals surface area contributed by atoms with Gasteiger partial charge in [0.2, 0.25) is 0 Å². The average molecular weight is 512 g/mol. The predicted octanol–water partition coefficient (Wildman–Crippen LogP) is 2.49. The molecule has 1 saturated heterocycles. The normalized spacial score (nSPS) is 15.6. The molecular formula is C25H30FN7O4. The Morgan fingerprint density at radius 2 is 1.95 bits per heavy atom. The van der Waals surface area contributed by atoms with Gasteiger partial charge >= 0.3 is 6.09 Å². The van der Waals surface area contributed by atoms with E-state index in [4.69, 9.17) is 4.74 Å². The highest BCUT2D eigenvalue weighted by atomic mass is 19.1. The number of hydrogen-bond donors (Lipinski definition) is 2. The number of aromatic nitrogens is 4. The summed E-state index contributed by atoms with van der Waals surface area (Å²) >= 11 is 0. The molecule has 0 unspecified atom stereocenters. The van der Waals surface area contributed by atoms with Crippen molar-refractivity contribution in [3.8, 4) is 0 Å². The Hall–Kier alpha value is -4.09. The number of hydrogen-bond acceptors (Lipinski definition) is 7. The number of halogens is 1. The molecule has 2 N–H and O–H groups in total. The Morgan fingerprint density at radius 3 is 2.68 bits per heavy atom. The number of likely N-dealkylation sites (tertiary alicyclic amines) is 1. The molecule has 37 heavy (non-hydrogen) atoms. The first kappa shape index (κ1) is 26.0. The fraction of sp³-hybridized carbons (Fsp3) is 0.440. The van der Waals surface area contributed by atoms with Crippen LogP contribution in [0, 0.1) is 18.7 Å². The summed E-state index contributed by atoms with van der Waals surface area (Å²) in [5.74, 6) is -1.11. The van der Waals surface area contributed by atoms with Crippen LogP contribution in [0.4, 0.5) is 9.18 Å². The third-order valence-corrected chi connectivity index (χ3v) is 5.88. The van der Waals surface area contributed by atoms with E-state index in [9.17, 15) is 18.8 Å². The first-order valence-electron chi connectivity index (χ1n) is 12.0. The summed E-state index contributed by atoms with van der Waals surface area (Å²) in [6.45, 7) is 8.62. The van der Waals surface area contributed by atoms with Gasteiger partial charge in [0.1, 0.15) is 29.1 Å². The molecule has 1 aliphatic heterocycles. The number of aryl methyl sites for hydroxylation is 1. The Morgan fingerprint density at radius 1 is 1.16 bits per heavy atom. The summed E-state index contributed by atoms with van der Waals surface area (Å²) in [5.41, 5.74) is 0.736. The topological polar surface area (TPSA) is 131 Å². The lowest BCUT2D eigenvalue weighted by molar-refractivity contribution is 0.0288. The maximum Gasteiger partial charge on any atom is 0.410 e. The first-order valence-corrected chi connectivity index (χ1v) is 12.0. The quantitative estimate of drug-likeness (QED) is 0.520. The molecule has 4 rings (SSSR count). The van der Waals surface area contributed by atoms with Crippen LogP contribution in [0.3, 0.4) is 0 Å². The second-order valence-corrected chi connectivity index (χ2v) is 10.1. The van der Waals surface area contributed by atoms with Crippen LogP contribution in [0.5, 0.6) is 0 Å². The van der Waals surface area contributed by atoms with Crippen molar-refractivity contribution in [3.05, 3.63) is 58.9 Å². The van der Waals surface area contributed by atoms with E-state index >= 15 is 0 Å². The van der Waals surface area contributed by atoms with Gasteiger partial charge in [0.25, 0.3) is 17.6 Å². The molecule has 2 aromatic heterocycles. The number of amides is 3. The summed E-state index contributed by atoms with van der Waals surface area (Å²) in [6.07, 6.45) is 1.61. The molecule has 196 valence electrons. The Labute approximate surface area is 213 Å². The number of rotatable bonds is 6. The summed E-state index contributed by atoms with van der Waals surface area (Å²) < 4.78 is 20.2. The molecule has 3 heterocycles. The van der Waals surface area contributed by atoms with Crippen molar-refractivity contribution in [2.45, 2.75) is 46.3 Å². The molecule has 12 heteroatoms. The van der Waals surface area contributed by atoms with E-state index < -0.39 is 17.4 Å². The second kappa shape index (κ2) is 10.5. The largest absolute Gasteiger partial charge is 0.444 e. The van der Waals surface area contributed by atoms with Gasteiger partial charge in [-0.15, -0.1) is 0 Å². The van der Waals surface area contributed by atoms with Gasteiger partial charge in [0.15, 0.2) is 0 Å². The zero-order chi connectivity index (χ0) is 26.7. The van der Waals surface area contributed by atoms with Crippen molar-refractivity contribution in [1.29, 1.82) is 0 Å². The Bertz CT molecular complexity index is 1330. The van der Waals surface area contributed by atoms with Crippen LogP contribution in [0.25, 0.3) is 5.78 Å². The third-order valence-electron chi connectivity index (χ3n) is 5.88. The van der Waals surface area contributed by atoms with E-state index in [0.717, 1.165) is 12.0 Å². The van der Waals surface area contributed by atoms with Gasteiger partial charge in [-0.2, -0.15) is 14.6 Å². The van der Waals surface area contributed by atoms with E-state index in [1.54, 1.807) is 24.0 Å². The van der Waals surface area contributed by atoms with Gasteiger partial charge in [0.05, 0.1) is 0 Å². The minimum atomic E-state index is -0.574. The van der Waals surface area contributed by atoms with Gasteiger partial charge < -0.3 is 20.3 Å². The van der Waals surface area contributed by atoms with E-state index in [2.05, 4.69) is 25.7 Å². The molecule has 3 aromatic rings. The number of carbonyl (C=O) groups is 3. The summed E-state index contributed by atoms with van der Waals surface area (Å²) in [5, 5.41) is 9.64. The monoisotopic (exact) mass is 511 g/mol. The number of fused-ring (bicyclic) bond motifs is 1. The molecule has 11 nitrogen and oxygen atoms in total. The molecule has 1 aliphatic rings. The summed E-state index contributed by atoms with van der Waals surface area (Å²) in [7, 11) is 0. The SMILES string of the molecule is Cc1cc(CNC(=O)c2cc(C(=O)NC[C@@H]3CCN(C(=O)OC(C)(C)C)C3)n3ncnc3n2)ccc1F. The van der Waals surface area contributed by atoms with Crippen molar-refractivity contribution in [2.24, 2.45) is 5.92 Å². The van der Waals surface area contributed by atoms with Crippen LogP contribution in [-0.4, -0.2) is 67.6 Å². The summed E-state index contributed by atoms with van der Waals surface area (Å²) in [6, 6.07) is 5.93. The van der Waals surface area contributed by atoms with E-state index in [0.29, 0.717) is 25.2 Å². The Balaban J connectivity index is 1.40. The van der Waals surface area contributed by atoms with Gasteiger partial charge in [-0.05, 0) is 57.2 Å². The molecular weight excluding hydrogens is 481 g/mol. The van der Waals surface area contributed by atoms with Crippen molar-refractivity contribution in [3.63, 3.8) is 0 Å². The van der Waals surface area contributed by atoms with Crippen LogP contribution in [0.15, 0.2) is 30.6 Å². The summed E-state index contributed by atoms with van der Waals surface area (Å²) in [4.78, 5) is 48.0. The fourth-order valence-corrected chi connectivity index (χ4v) is 4.00. The predicted molar refractivity (Wildman–Crippen MR) is 131 cm³/mol. The van der Waals surface area contributed by atoms with E-state index in [-0.39, 0.29) is 41.5 Å². The van der Waals surface area contributed by atoms with Crippen LogP contribution in [0.2, 0.25) is 0 Å². The number of ether oxygens (including phenoxy) is 1. The van der Waals surface area contributed by atoms with E-state index in [1.807, 2.05) is 20.8 Å². The molecule has 0 aliphatic carbocycles. The number of benzene rings is 1. The third kappa shape index (κ3) is 6.38. The standard InChI is InChI=1S/C25H30FN7O4/c1-15-9-16(5-6-18(15)26)11-27-21(34)19-10-20(33-23(31-19)29-14-30-33)22(35)28-12-17-7-8-32(13-17)24(36)37-25(2,3)4/h5-6,9-10,14,17H,7-8,11-13H2,1-4H3,(H,27,34)(H,28,35)/t17-/m0/s1. The van der Waals surface area contributed by atoms with Crippen molar-refractivity contribution in [1.82, 2.24) is 35.1 Å². The van der Waals surface area contributed by atoms with Gasteiger partial charge in [-0.25, -0.2) is 14.2 Å². The smallest absolute Gasteiger partial charge is 0.410 e. The molecule has 3 amide bonds. The molecule has 0 spiro atoms. The van der Waals surface area contributed by atoms with Crippen LogP contribution < -0.4 is 10.6 Å². The number of carbonyl (C=O) groups excluding carboxylic acids is 3. The lowest BCUT2D eigenvalue weighted by atomic mass is 10.1. The highest BCUT2D eigenvalue weighted by molar-refractivity contribution is 5.98. The Kier molecular flexibility index (Phi) is 7.37. The molecule has 1 fully saturated rings. The van der Waals surface area contributed by atoms with Crippen LogP contribution >= 0.6 is 0 Å². The van der Waals surface area contributed by atoms with Gasteiger partial charge in [-0.3, -0.25) is 9.59 Å². The maximum absolute atomic E-state index is 13.5. The second-order valence-electron chi connectivity index (χ2n) is 10.1. The van der Waals surface area contributed by atoms with Crippen molar-refractivity contribution < 1.29 is 23.5 Å². The van der Waals surface area contributed by atoms with Crippen molar-refractivity contribution in [2.75, 3.05) is 19.6 Å².